The molecule has 8 nitrogen and oxygen atoms in total. The smallest absolute Gasteiger partial charge is 0.390 e. The summed E-state index contributed by atoms with van der Waals surface area (Å²) in [5.74, 6) is 0.0235. The Bertz CT molecular complexity index is 1580. The van der Waals surface area contributed by atoms with Gasteiger partial charge in [0.05, 0.1) is 33.5 Å². The number of hydrogen-bond donors (Lipinski definition) is 1. The van der Waals surface area contributed by atoms with E-state index in [4.69, 9.17) is 27.9 Å². The Balaban J connectivity index is 1.40. The van der Waals surface area contributed by atoms with Crippen molar-refractivity contribution < 1.29 is 22.3 Å². The highest BCUT2D eigenvalue weighted by Crippen LogP contribution is 2.40. The van der Waals surface area contributed by atoms with E-state index in [0.717, 1.165) is 25.9 Å². The van der Waals surface area contributed by atoms with E-state index in [-0.39, 0.29) is 28.0 Å². The number of halogens is 3. The summed E-state index contributed by atoms with van der Waals surface area (Å²) in [6, 6.07) is 10.4. The number of aromatic nitrogens is 2. The van der Waals surface area contributed by atoms with E-state index < -0.39 is 21.7 Å². The number of benzene rings is 2. The van der Waals surface area contributed by atoms with Gasteiger partial charge in [-0.2, -0.15) is 9.78 Å². The Morgan fingerprint density at radius 1 is 1.08 bits per heavy atom. The molecule has 2 unspecified atom stereocenters. The van der Waals surface area contributed by atoms with Crippen molar-refractivity contribution in [2.75, 3.05) is 18.8 Å². The zero-order valence-electron chi connectivity index (χ0n) is 20.7. The average molecular weight is 591 g/mol. The molecule has 3 heterocycles. The highest BCUT2D eigenvalue weighted by Gasteiger charge is 2.38. The molecular formula is C27H25Cl2FN4O4S. The number of amides is 1. The van der Waals surface area contributed by atoms with Crippen molar-refractivity contribution in [3.8, 4) is 11.6 Å². The molecule has 39 heavy (non-hydrogen) atoms. The SMILES string of the molecule is O=C(NN1CC2CCCC2C1)Oc1c2c(nn1-c1ccc(Cl)cc1Cl)/C(=C/c1ccc(F)cc1)CS(=O)(=O)C2. The second-order valence-electron chi connectivity index (χ2n) is 10.3. The Morgan fingerprint density at radius 2 is 1.79 bits per heavy atom. The number of fused-ring (bicyclic) bond motifs is 2. The molecule has 1 N–H and O–H groups in total. The zero-order valence-corrected chi connectivity index (χ0v) is 23.1. The van der Waals surface area contributed by atoms with Crippen LogP contribution in [0.5, 0.6) is 5.88 Å². The number of hydrazine groups is 1. The van der Waals surface area contributed by atoms with E-state index in [9.17, 15) is 17.6 Å². The van der Waals surface area contributed by atoms with Crippen molar-refractivity contribution in [1.29, 1.82) is 0 Å². The van der Waals surface area contributed by atoms with Gasteiger partial charge in [0.25, 0.3) is 0 Å². The predicted molar refractivity (Wildman–Crippen MR) is 147 cm³/mol. The van der Waals surface area contributed by atoms with Crippen LogP contribution in [0.15, 0.2) is 42.5 Å². The second-order valence-corrected chi connectivity index (χ2v) is 13.2. The van der Waals surface area contributed by atoms with Crippen LogP contribution >= 0.6 is 23.2 Å². The maximum Gasteiger partial charge on any atom is 0.428 e. The minimum absolute atomic E-state index is 0.0422. The van der Waals surface area contributed by atoms with Crippen LogP contribution in [0, 0.1) is 17.7 Å². The van der Waals surface area contributed by atoms with Crippen LogP contribution in [-0.2, 0) is 15.6 Å². The lowest BCUT2D eigenvalue weighted by atomic mass is 10.0. The fourth-order valence-electron chi connectivity index (χ4n) is 5.76. The molecule has 3 aliphatic rings. The number of nitrogens with zero attached hydrogens (tertiary/aromatic N) is 3. The van der Waals surface area contributed by atoms with Crippen molar-refractivity contribution in [1.82, 2.24) is 20.2 Å². The molecule has 0 spiro atoms. The summed E-state index contributed by atoms with van der Waals surface area (Å²) in [6.07, 6.45) is 4.41. The van der Waals surface area contributed by atoms with Gasteiger partial charge in [0, 0.05) is 18.1 Å². The van der Waals surface area contributed by atoms with Crippen molar-refractivity contribution in [3.63, 3.8) is 0 Å². The number of nitrogens with one attached hydrogen (secondary N) is 1. The second kappa shape index (κ2) is 10.2. The molecule has 1 aliphatic carbocycles. The molecule has 0 bridgehead atoms. The van der Waals surface area contributed by atoms with Gasteiger partial charge in [-0.25, -0.2) is 22.6 Å². The molecule has 2 fully saturated rings. The monoisotopic (exact) mass is 590 g/mol. The normalized spacial score (nSPS) is 23.0. The highest BCUT2D eigenvalue weighted by molar-refractivity contribution is 7.91. The molecule has 2 aromatic carbocycles. The zero-order chi connectivity index (χ0) is 27.3. The lowest BCUT2D eigenvalue weighted by molar-refractivity contribution is 0.152. The first-order valence-electron chi connectivity index (χ1n) is 12.6. The molecule has 6 rings (SSSR count). The summed E-state index contributed by atoms with van der Waals surface area (Å²) in [6.45, 7) is 1.50. The van der Waals surface area contributed by atoms with Crippen LogP contribution in [-0.4, -0.2) is 48.1 Å². The van der Waals surface area contributed by atoms with Gasteiger partial charge in [-0.1, -0.05) is 41.8 Å². The molecule has 0 radical (unpaired) electrons. The third kappa shape index (κ3) is 5.43. The topological polar surface area (TPSA) is 93.5 Å². The number of carbonyl (C=O) groups is 1. The Hall–Kier alpha value is -2.92. The van der Waals surface area contributed by atoms with Crippen LogP contribution in [0.4, 0.5) is 9.18 Å². The summed E-state index contributed by atoms with van der Waals surface area (Å²) in [7, 11) is -3.62. The van der Waals surface area contributed by atoms with E-state index in [1.807, 2.05) is 5.01 Å². The lowest BCUT2D eigenvalue weighted by Gasteiger charge is -2.19. The summed E-state index contributed by atoms with van der Waals surface area (Å²) in [4.78, 5) is 13.1. The standard InChI is InChI=1S/C27H25Cl2FN4O4S/c28-20-6-9-24(23(29)11-20)34-26(38-27(35)32-33-12-17-2-1-3-18(17)13-33)22-15-39(36,37)14-19(25(22)31-34)10-16-4-7-21(30)8-5-16/h4-11,17-18H,1-3,12-15H2,(H,32,35)/b19-10+. The first-order chi connectivity index (χ1) is 18.6. The summed E-state index contributed by atoms with van der Waals surface area (Å²) >= 11 is 12.6. The molecule has 204 valence electrons. The van der Waals surface area contributed by atoms with E-state index >= 15 is 0 Å². The number of rotatable bonds is 4. The van der Waals surface area contributed by atoms with Gasteiger partial charge >= 0.3 is 6.09 Å². The fourth-order valence-corrected chi connectivity index (χ4v) is 7.74. The number of ether oxygens (including phenoxy) is 1. The van der Waals surface area contributed by atoms with E-state index in [0.29, 0.717) is 39.4 Å². The Labute approximate surface area is 235 Å². The first kappa shape index (κ1) is 26.3. The van der Waals surface area contributed by atoms with Crippen LogP contribution in [0.1, 0.15) is 36.1 Å². The largest absolute Gasteiger partial charge is 0.428 e. The van der Waals surface area contributed by atoms with E-state index in [2.05, 4.69) is 10.5 Å². The summed E-state index contributed by atoms with van der Waals surface area (Å²) in [5.41, 5.74) is 4.78. The van der Waals surface area contributed by atoms with Crippen molar-refractivity contribution >= 4 is 50.8 Å². The molecule has 12 heteroatoms. The minimum atomic E-state index is -3.62. The minimum Gasteiger partial charge on any atom is -0.390 e. The van der Waals surface area contributed by atoms with Crippen LogP contribution in [0.25, 0.3) is 17.3 Å². The van der Waals surface area contributed by atoms with Crippen LogP contribution < -0.4 is 10.2 Å². The molecule has 1 saturated heterocycles. The van der Waals surface area contributed by atoms with Crippen molar-refractivity contribution in [2.45, 2.75) is 25.0 Å². The van der Waals surface area contributed by atoms with Gasteiger partial charge in [0.15, 0.2) is 9.84 Å². The van der Waals surface area contributed by atoms with E-state index in [1.165, 1.54) is 29.3 Å². The molecule has 3 aromatic rings. The summed E-state index contributed by atoms with van der Waals surface area (Å²) < 4.78 is 46.6. The molecule has 1 aromatic heterocycles. The van der Waals surface area contributed by atoms with Crippen molar-refractivity contribution in [2.24, 2.45) is 11.8 Å². The van der Waals surface area contributed by atoms with Gasteiger partial charge in [-0.3, -0.25) is 5.43 Å². The molecule has 1 saturated carbocycles. The third-order valence-electron chi connectivity index (χ3n) is 7.49. The third-order valence-corrected chi connectivity index (χ3v) is 9.51. The van der Waals surface area contributed by atoms with Crippen LogP contribution in [0.2, 0.25) is 10.0 Å². The van der Waals surface area contributed by atoms with Gasteiger partial charge in [-0.15, -0.1) is 0 Å². The fraction of sp³-hybridized carbons (Fsp3) is 0.333. The Morgan fingerprint density at radius 3 is 2.49 bits per heavy atom. The van der Waals surface area contributed by atoms with Gasteiger partial charge < -0.3 is 4.74 Å². The highest BCUT2D eigenvalue weighted by atomic mass is 35.5. The average Bonchev–Trinajstić information content (AvgIpc) is 3.54. The quantitative estimate of drug-likeness (QED) is 0.430. The number of carbonyl (C=O) groups excluding carboxylic acids is 1. The molecular weight excluding hydrogens is 566 g/mol. The van der Waals surface area contributed by atoms with Crippen LogP contribution in [0.3, 0.4) is 0 Å². The van der Waals surface area contributed by atoms with E-state index in [1.54, 1.807) is 30.3 Å². The Kier molecular flexibility index (Phi) is 6.91. The number of sulfone groups is 1. The molecule has 1 amide bonds. The van der Waals surface area contributed by atoms with Gasteiger partial charge in [-0.05, 0) is 72.2 Å². The van der Waals surface area contributed by atoms with Gasteiger partial charge in [0.1, 0.15) is 5.82 Å². The molecule has 2 atom stereocenters. The maximum absolute atomic E-state index is 13.5. The number of hydrogen-bond acceptors (Lipinski definition) is 6. The lowest BCUT2D eigenvalue weighted by Crippen LogP contribution is -2.43. The van der Waals surface area contributed by atoms with Crippen molar-refractivity contribution in [3.05, 3.63) is 75.1 Å². The first-order valence-corrected chi connectivity index (χ1v) is 15.2. The summed E-state index contributed by atoms with van der Waals surface area (Å²) in [5, 5.41) is 7.17. The predicted octanol–water partition coefficient (Wildman–Crippen LogP) is 5.52. The van der Waals surface area contributed by atoms with Gasteiger partial charge in [0.2, 0.25) is 5.88 Å². The molecule has 2 aliphatic heterocycles. The maximum atomic E-state index is 13.5.